The van der Waals surface area contributed by atoms with Gasteiger partial charge < -0.3 is 9.47 Å². The van der Waals surface area contributed by atoms with Crippen molar-refractivity contribution in [3.05, 3.63) is 78.4 Å². The lowest BCUT2D eigenvalue weighted by atomic mass is 10.2. The first-order chi connectivity index (χ1) is 15.7. The number of carbonyl (C=O) groups excluding carboxylic acids is 1. The summed E-state index contributed by atoms with van der Waals surface area (Å²) >= 11 is 0. The Kier molecular flexibility index (Phi) is 7.21. The average Bonchev–Trinajstić information content (AvgIpc) is 2.83. The first-order valence-electron chi connectivity index (χ1n) is 9.38. The zero-order valence-corrected chi connectivity index (χ0v) is 19.2. The molecule has 0 atom stereocenters. The zero-order chi connectivity index (χ0) is 24.1. The highest BCUT2D eigenvalue weighted by atomic mass is 32.2. The summed E-state index contributed by atoms with van der Waals surface area (Å²) in [6, 6.07) is 17.2. The molecule has 0 bridgehead atoms. The lowest BCUT2D eigenvalue weighted by molar-refractivity contribution is 0.0945. The highest BCUT2D eigenvalue weighted by molar-refractivity contribution is 7.92. The number of benzene rings is 3. The van der Waals surface area contributed by atoms with Crippen molar-refractivity contribution in [2.75, 3.05) is 18.9 Å². The van der Waals surface area contributed by atoms with Crippen LogP contribution in [0.5, 0.6) is 11.5 Å². The van der Waals surface area contributed by atoms with Crippen molar-refractivity contribution < 1.29 is 31.1 Å². The summed E-state index contributed by atoms with van der Waals surface area (Å²) in [5, 5.41) is 0. The highest BCUT2D eigenvalue weighted by Crippen LogP contribution is 2.29. The lowest BCUT2D eigenvalue weighted by Gasteiger charge is -2.13. The van der Waals surface area contributed by atoms with Crippen molar-refractivity contribution in [2.45, 2.75) is 9.79 Å². The number of hydrogen-bond acceptors (Lipinski definition) is 7. The second kappa shape index (κ2) is 9.90. The van der Waals surface area contributed by atoms with Gasteiger partial charge in [0.2, 0.25) is 0 Å². The van der Waals surface area contributed by atoms with E-state index in [1.54, 1.807) is 18.2 Å². The van der Waals surface area contributed by atoms with Crippen LogP contribution in [-0.2, 0) is 20.0 Å². The molecule has 3 aromatic carbocycles. The predicted molar refractivity (Wildman–Crippen MR) is 121 cm³/mol. The molecular weight excluding hydrogens is 470 g/mol. The van der Waals surface area contributed by atoms with Crippen LogP contribution in [0.25, 0.3) is 0 Å². The Hall–Kier alpha value is -3.61. The maximum atomic E-state index is 12.8. The number of ether oxygens (including phenoxy) is 2. The number of amides is 1. The second-order valence-corrected chi connectivity index (χ2v) is 9.91. The maximum absolute atomic E-state index is 12.8. The first kappa shape index (κ1) is 24.0. The van der Waals surface area contributed by atoms with Crippen LogP contribution >= 0.6 is 0 Å². The molecule has 0 unspecified atom stereocenters. The molecule has 1 amide bonds. The molecule has 0 aliphatic carbocycles. The van der Waals surface area contributed by atoms with E-state index >= 15 is 0 Å². The Bertz CT molecular complexity index is 1340. The molecule has 0 radical (unpaired) electrons. The SMILES string of the molecule is COc1ccc(S(=O)(=O)Nc2ccc(C(=O)NNS(=O)(=O)c3ccccc3)cc2)c(OC)c1. The minimum Gasteiger partial charge on any atom is -0.497 e. The van der Waals surface area contributed by atoms with Crippen LogP contribution in [0.2, 0.25) is 0 Å². The Morgan fingerprint density at radius 3 is 2.06 bits per heavy atom. The molecular formula is C21H21N3O7S2. The summed E-state index contributed by atoms with van der Waals surface area (Å²) < 4.78 is 62.5. The van der Waals surface area contributed by atoms with Gasteiger partial charge in [0.05, 0.1) is 19.1 Å². The standard InChI is InChI=1S/C21H21N3O7S2/c1-30-17-12-13-20(19(14-17)31-2)33(28,29)23-16-10-8-15(9-11-16)21(25)22-24-32(26,27)18-6-4-3-5-7-18/h3-14,23-24H,1-2H3,(H,22,25). The van der Waals surface area contributed by atoms with Crippen molar-refractivity contribution in [2.24, 2.45) is 0 Å². The summed E-state index contributed by atoms with van der Waals surface area (Å²) in [6.45, 7) is 0. The number of hydrogen-bond donors (Lipinski definition) is 3. The van der Waals surface area contributed by atoms with Crippen molar-refractivity contribution in [1.29, 1.82) is 0 Å². The Balaban J connectivity index is 1.69. The third-order valence-electron chi connectivity index (χ3n) is 4.41. The molecule has 174 valence electrons. The fourth-order valence-electron chi connectivity index (χ4n) is 2.74. The van der Waals surface area contributed by atoms with E-state index in [1.165, 1.54) is 68.8 Å². The van der Waals surface area contributed by atoms with Gasteiger partial charge in [0.15, 0.2) is 0 Å². The molecule has 0 aliphatic heterocycles. The molecule has 33 heavy (non-hydrogen) atoms. The summed E-state index contributed by atoms with van der Waals surface area (Å²) in [6.07, 6.45) is 0. The molecule has 0 saturated carbocycles. The van der Waals surface area contributed by atoms with Crippen LogP contribution in [-0.4, -0.2) is 37.0 Å². The molecule has 0 aliphatic rings. The largest absolute Gasteiger partial charge is 0.497 e. The lowest BCUT2D eigenvalue weighted by Crippen LogP contribution is -2.41. The van der Waals surface area contributed by atoms with Crippen LogP contribution in [0.15, 0.2) is 82.6 Å². The normalized spacial score (nSPS) is 11.5. The fourth-order valence-corrected chi connectivity index (χ4v) is 4.81. The Labute approximate surface area is 191 Å². The van der Waals surface area contributed by atoms with Crippen molar-refractivity contribution >= 4 is 31.6 Å². The topological polar surface area (TPSA) is 140 Å². The molecule has 12 heteroatoms. The van der Waals surface area contributed by atoms with Crippen molar-refractivity contribution in [3.8, 4) is 11.5 Å². The Morgan fingerprint density at radius 2 is 1.45 bits per heavy atom. The highest BCUT2D eigenvalue weighted by Gasteiger charge is 2.21. The molecule has 0 fully saturated rings. The van der Waals surface area contributed by atoms with E-state index in [1.807, 2.05) is 4.83 Å². The fraction of sp³-hybridized carbons (Fsp3) is 0.0952. The van der Waals surface area contributed by atoms with Crippen LogP contribution in [0.1, 0.15) is 10.4 Å². The van der Waals surface area contributed by atoms with Gasteiger partial charge in [-0.25, -0.2) is 16.8 Å². The van der Waals surface area contributed by atoms with Gasteiger partial charge in [-0.15, -0.1) is 4.83 Å². The van der Waals surface area contributed by atoms with Gasteiger partial charge in [0.1, 0.15) is 16.4 Å². The quantitative estimate of drug-likeness (QED) is 0.390. The van der Waals surface area contributed by atoms with Gasteiger partial charge in [-0.3, -0.25) is 14.9 Å². The maximum Gasteiger partial charge on any atom is 0.266 e. The number of carbonyl (C=O) groups is 1. The third-order valence-corrected chi connectivity index (χ3v) is 7.10. The first-order valence-corrected chi connectivity index (χ1v) is 12.3. The van der Waals surface area contributed by atoms with Gasteiger partial charge in [0, 0.05) is 17.3 Å². The van der Waals surface area contributed by atoms with E-state index in [0.29, 0.717) is 5.75 Å². The summed E-state index contributed by atoms with van der Waals surface area (Å²) in [4.78, 5) is 14.2. The summed E-state index contributed by atoms with van der Waals surface area (Å²) in [5.41, 5.74) is 2.41. The van der Waals surface area contributed by atoms with E-state index < -0.39 is 26.0 Å². The number of nitrogens with one attached hydrogen (secondary N) is 3. The Morgan fingerprint density at radius 1 is 0.788 bits per heavy atom. The van der Waals surface area contributed by atoms with E-state index in [9.17, 15) is 21.6 Å². The van der Waals surface area contributed by atoms with E-state index in [0.717, 1.165) is 0 Å². The summed E-state index contributed by atoms with van der Waals surface area (Å²) in [7, 11) is -5.14. The van der Waals surface area contributed by atoms with Crippen LogP contribution < -0.4 is 24.5 Å². The second-order valence-electron chi connectivity index (χ2n) is 6.57. The van der Waals surface area contributed by atoms with E-state index in [-0.39, 0.29) is 26.8 Å². The van der Waals surface area contributed by atoms with E-state index in [4.69, 9.17) is 9.47 Å². The predicted octanol–water partition coefficient (Wildman–Crippen LogP) is 2.13. The van der Waals surface area contributed by atoms with Gasteiger partial charge in [0.25, 0.3) is 26.0 Å². The van der Waals surface area contributed by atoms with Crippen molar-refractivity contribution in [3.63, 3.8) is 0 Å². The van der Waals surface area contributed by atoms with Gasteiger partial charge in [-0.2, -0.15) is 0 Å². The smallest absolute Gasteiger partial charge is 0.266 e. The third kappa shape index (κ3) is 5.80. The molecule has 0 aromatic heterocycles. The molecule has 10 nitrogen and oxygen atoms in total. The number of sulfonamides is 2. The molecule has 0 spiro atoms. The van der Waals surface area contributed by atoms with Crippen LogP contribution in [0.3, 0.4) is 0 Å². The molecule has 0 saturated heterocycles. The minimum absolute atomic E-state index is 0.0102. The average molecular weight is 492 g/mol. The molecule has 3 N–H and O–H groups in total. The van der Waals surface area contributed by atoms with Crippen LogP contribution in [0.4, 0.5) is 5.69 Å². The van der Waals surface area contributed by atoms with Gasteiger partial charge >= 0.3 is 0 Å². The number of hydrazine groups is 1. The zero-order valence-electron chi connectivity index (χ0n) is 17.6. The number of methoxy groups -OCH3 is 2. The van der Waals surface area contributed by atoms with Gasteiger partial charge in [-0.1, -0.05) is 18.2 Å². The minimum atomic E-state index is -4.00. The molecule has 3 rings (SSSR count). The van der Waals surface area contributed by atoms with Crippen LogP contribution in [0, 0.1) is 0 Å². The summed E-state index contributed by atoms with van der Waals surface area (Å²) in [5.74, 6) is -0.187. The number of rotatable bonds is 9. The molecule has 0 heterocycles. The monoisotopic (exact) mass is 491 g/mol. The molecule has 3 aromatic rings. The van der Waals surface area contributed by atoms with Gasteiger partial charge in [-0.05, 0) is 48.5 Å². The number of anilines is 1. The van der Waals surface area contributed by atoms with E-state index in [2.05, 4.69) is 10.1 Å². The van der Waals surface area contributed by atoms with Crippen molar-refractivity contribution in [1.82, 2.24) is 10.3 Å².